The Kier molecular flexibility index (Phi) is 4.90. The van der Waals surface area contributed by atoms with E-state index in [4.69, 9.17) is 9.47 Å². The average Bonchev–Trinajstić information content (AvgIpc) is 3.17. The zero-order chi connectivity index (χ0) is 19.6. The molecule has 1 aromatic carbocycles. The van der Waals surface area contributed by atoms with Crippen LogP contribution in [0.1, 0.15) is 37.5 Å². The Morgan fingerprint density at radius 3 is 2.41 bits per heavy atom. The number of carbonyl (C=O) groups excluding carboxylic acids is 2. The summed E-state index contributed by atoms with van der Waals surface area (Å²) in [7, 11) is 2.84. The number of hydrogen-bond acceptors (Lipinski definition) is 6. The Labute approximate surface area is 157 Å². The second-order valence-corrected chi connectivity index (χ2v) is 6.26. The topological polar surface area (TPSA) is 77.9 Å². The zero-order valence-corrected chi connectivity index (χ0v) is 15.6. The first kappa shape index (κ1) is 18.5. The van der Waals surface area contributed by atoms with Crippen LogP contribution in [0.15, 0.2) is 47.6 Å². The highest BCUT2D eigenvalue weighted by Crippen LogP contribution is 2.41. The van der Waals surface area contributed by atoms with Crippen LogP contribution in [0.2, 0.25) is 0 Å². The predicted octanol–water partition coefficient (Wildman–Crippen LogP) is 3.21. The lowest BCUT2D eigenvalue weighted by Gasteiger charge is -2.27. The van der Waals surface area contributed by atoms with Gasteiger partial charge in [-0.05, 0) is 55.3 Å². The maximum absolute atomic E-state index is 13.5. The molecular formula is C21H20N2O4. The molecule has 0 N–H and O–H groups in total. The molecule has 1 aliphatic rings. The molecule has 2 heterocycles. The summed E-state index contributed by atoms with van der Waals surface area (Å²) in [6.45, 7) is 3.69. The fourth-order valence-electron chi connectivity index (χ4n) is 3.26. The van der Waals surface area contributed by atoms with Gasteiger partial charge in [-0.3, -0.25) is 14.8 Å². The SMILES string of the molecule is COC(=O)c1ccc(OC)c(C)c1C1(C(=O)c2ccc(C)cn2)C=CC=N1. The summed E-state index contributed by atoms with van der Waals surface area (Å²) in [5.41, 5.74) is 1.15. The first-order chi connectivity index (χ1) is 12.9. The molecule has 0 bridgehead atoms. The molecule has 1 aromatic heterocycles. The number of ketones is 1. The van der Waals surface area contributed by atoms with Crippen molar-refractivity contribution in [1.29, 1.82) is 0 Å². The van der Waals surface area contributed by atoms with E-state index in [0.717, 1.165) is 5.56 Å². The van der Waals surface area contributed by atoms with Crippen molar-refractivity contribution >= 4 is 18.0 Å². The van der Waals surface area contributed by atoms with Gasteiger partial charge in [-0.1, -0.05) is 6.07 Å². The number of carbonyl (C=O) groups is 2. The number of methoxy groups -OCH3 is 2. The smallest absolute Gasteiger partial charge is 0.338 e. The molecule has 0 spiro atoms. The van der Waals surface area contributed by atoms with E-state index in [1.807, 2.05) is 13.0 Å². The highest BCUT2D eigenvalue weighted by atomic mass is 16.5. The van der Waals surface area contributed by atoms with Crippen molar-refractivity contribution in [3.63, 3.8) is 0 Å². The number of aliphatic imine (C=N–C) groups is 1. The quantitative estimate of drug-likeness (QED) is 0.601. The summed E-state index contributed by atoms with van der Waals surface area (Å²) < 4.78 is 10.3. The van der Waals surface area contributed by atoms with Gasteiger partial charge >= 0.3 is 5.97 Å². The molecule has 1 atom stereocenters. The normalized spacial score (nSPS) is 17.8. The van der Waals surface area contributed by atoms with E-state index in [0.29, 0.717) is 16.9 Å². The molecule has 3 rings (SSSR count). The number of benzene rings is 1. The van der Waals surface area contributed by atoms with E-state index in [1.54, 1.807) is 49.7 Å². The van der Waals surface area contributed by atoms with Gasteiger partial charge in [-0.2, -0.15) is 0 Å². The van der Waals surface area contributed by atoms with Crippen molar-refractivity contribution in [3.8, 4) is 5.75 Å². The summed E-state index contributed by atoms with van der Waals surface area (Å²) in [5.74, 6) is -0.318. The van der Waals surface area contributed by atoms with E-state index < -0.39 is 11.5 Å². The van der Waals surface area contributed by atoms with Crippen molar-refractivity contribution in [2.75, 3.05) is 14.2 Å². The number of ether oxygens (including phenoxy) is 2. The van der Waals surface area contributed by atoms with Gasteiger partial charge in [0.1, 0.15) is 11.4 Å². The number of nitrogens with zero attached hydrogens (tertiary/aromatic N) is 2. The minimum Gasteiger partial charge on any atom is -0.496 e. The summed E-state index contributed by atoms with van der Waals surface area (Å²) in [4.78, 5) is 34.6. The van der Waals surface area contributed by atoms with Crippen LogP contribution in [0.3, 0.4) is 0 Å². The Morgan fingerprint density at radius 1 is 1.07 bits per heavy atom. The Hall–Kier alpha value is -3.28. The largest absolute Gasteiger partial charge is 0.496 e. The van der Waals surface area contributed by atoms with Crippen molar-refractivity contribution in [2.24, 2.45) is 4.99 Å². The standard InChI is InChI=1S/C21H20N2O4/c1-13-6-8-16(22-12-13)19(24)21(10-5-11-23-21)18-14(2)17(26-3)9-7-15(18)20(25)27-4/h5-12H,1-4H3. The molecule has 0 saturated heterocycles. The van der Waals surface area contributed by atoms with Gasteiger partial charge in [0.2, 0.25) is 5.78 Å². The van der Waals surface area contributed by atoms with E-state index >= 15 is 0 Å². The van der Waals surface area contributed by atoms with E-state index in [2.05, 4.69) is 9.98 Å². The molecule has 0 amide bonds. The molecular weight excluding hydrogens is 344 g/mol. The highest BCUT2D eigenvalue weighted by molar-refractivity contribution is 6.09. The Morgan fingerprint density at radius 2 is 1.85 bits per heavy atom. The van der Waals surface area contributed by atoms with Gasteiger partial charge in [0, 0.05) is 18.0 Å². The Balaban J connectivity index is 2.28. The predicted molar refractivity (Wildman–Crippen MR) is 102 cm³/mol. The molecule has 2 aromatic rings. The summed E-state index contributed by atoms with van der Waals surface area (Å²) in [5, 5.41) is 0. The summed E-state index contributed by atoms with van der Waals surface area (Å²) >= 11 is 0. The van der Waals surface area contributed by atoms with E-state index in [1.165, 1.54) is 14.2 Å². The number of esters is 1. The molecule has 6 nitrogen and oxygen atoms in total. The first-order valence-corrected chi connectivity index (χ1v) is 8.41. The number of allylic oxidation sites excluding steroid dienone is 1. The fourth-order valence-corrected chi connectivity index (χ4v) is 3.26. The maximum Gasteiger partial charge on any atom is 0.338 e. The van der Waals surface area contributed by atoms with Crippen molar-refractivity contribution in [1.82, 2.24) is 4.98 Å². The molecule has 138 valence electrons. The molecule has 0 aliphatic carbocycles. The molecule has 1 unspecified atom stereocenters. The van der Waals surface area contributed by atoms with Crippen molar-refractivity contribution in [2.45, 2.75) is 19.4 Å². The molecule has 1 aliphatic heterocycles. The van der Waals surface area contributed by atoms with Gasteiger partial charge in [0.15, 0.2) is 5.54 Å². The average molecular weight is 364 g/mol. The van der Waals surface area contributed by atoms with Crippen molar-refractivity contribution in [3.05, 3.63) is 70.6 Å². The van der Waals surface area contributed by atoms with Gasteiger partial charge in [0.25, 0.3) is 0 Å². The third-order valence-corrected chi connectivity index (χ3v) is 4.61. The van der Waals surface area contributed by atoms with E-state index in [-0.39, 0.29) is 17.0 Å². The van der Waals surface area contributed by atoms with Crippen LogP contribution in [0.5, 0.6) is 5.75 Å². The maximum atomic E-state index is 13.5. The van der Waals surface area contributed by atoms with Gasteiger partial charge in [-0.25, -0.2) is 4.79 Å². The minimum absolute atomic E-state index is 0.264. The minimum atomic E-state index is -1.40. The number of rotatable bonds is 5. The summed E-state index contributed by atoms with van der Waals surface area (Å²) in [6, 6.07) is 6.74. The number of Topliss-reactive ketones (excluding diaryl/α,β-unsaturated/α-hetero) is 1. The Bertz CT molecular complexity index is 947. The fraction of sp³-hybridized carbons (Fsp3) is 0.238. The number of hydrogen-bond donors (Lipinski definition) is 0. The molecule has 6 heteroatoms. The van der Waals surface area contributed by atoms with Crippen LogP contribution in [-0.2, 0) is 10.3 Å². The van der Waals surface area contributed by atoms with Crippen molar-refractivity contribution < 1.29 is 19.1 Å². The molecule has 0 saturated carbocycles. The molecule has 0 fully saturated rings. The second kappa shape index (κ2) is 7.15. The lowest BCUT2D eigenvalue weighted by Crippen LogP contribution is -2.34. The lowest BCUT2D eigenvalue weighted by molar-refractivity contribution is 0.0598. The van der Waals surface area contributed by atoms with Gasteiger partial charge in [-0.15, -0.1) is 0 Å². The molecule has 27 heavy (non-hydrogen) atoms. The zero-order valence-electron chi connectivity index (χ0n) is 15.6. The monoisotopic (exact) mass is 364 g/mol. The third kappa shape index (κ3) is 3.03. The number of aromatic nitrogens is 1. The second-order valence-electron chi connectivity index (χ2n) is 6.26. The van der Waals surface area contributed by atoms with Gasteiger partial charge < -0.3 is 9.47 Å². The number of pyridine rings is 1. The van der Waals surface area contributed by atoms with Crippen LogP contribution in [0.4, 0.5) is 0 Å². The van der Waals surface area contributed by atoms with Crippen LogP contribution in [0, 0.1) is 13.8 Å². The van der Waals surface area contributed by atoms with Crippen LogP contribution < -0.4 is 4.74 Å². The first-order valence-electron chi connectivity index (χ1n) is 8.41. The van der Waals surface area contributed by atoms with Gasteiger partial charge in [0.05, 0.1) is 19.8 Å². The summed E-state index contributed by atoms with van der Waals surface area (Å²) in [6.07, 6.45) is 6.53. The van der Waals surface area contributed by atoms with Crippen LogP contribution in [0.25, 0.3) is 0 Å². The highest BCUT2D eigenvalue weighted by Gasteiger charge is 2.44. The van der Waals surface area contributed by atoms with E-state index in [9.17, 15) is 9.59 Å². The lowest BCUT2D eigenvalue weighted by atomic mass is 9.79. The third-order valence-electron chi connectivity index (χ3n) is 4.61. The number of aryl methyl sites for hydroxylation is 1. The molecule has 0 radical (unpaired) electrons. The van der Waals surface area contributed by atoms with Crippen LogP contribution >= 0.6 is 0 Å². The van der Waals surface area contributed by atoms with Crippen LogP contribution in [-0.4, -0.2) is 37.2 Å².